The maximum absolute atomic E-state index is 12.5. The fourth-order valence-corrected chi connectivity index (χ4v) is 2.21. The molecule has 23 heavy (non-hydrogen) atoms. The molecule has 0 aliphatic heterocycles. The van der Waals surface area contributed by atoms with Gasteiger partial charge in [-0.25, -0.2) is 0 Å². The third-order valence-electron chi connectivity index (χ3n) is 3.59. The van der Waals surface area contributed by atoms with Gasteiger partial charge in [-0.3, -0.25) is 9.59 Å². The smallest absolute Gasteiger partial charge is 0.251 e. The summed E-state index contributed by atoms with van der Waals surface area (Å²) in [6, 6.07) is 15.9. The van der Waals surface area contributed by atoms with Crippen molar-refractivity contribution in [3.05, 3.63) is 65.7 Å². The van der Waals surface area contributed by atoms with Gasteiger partial charge in [0.05, 0.1) is 0 Å². The quantitative estimate of drug-likeness (QED) is 0.889. The van der Waals surface area contributed by atoms with Crippen LogP contribution in [0.3, 0.4) is 0 Å². The lowest BCUT2D eigenvalue weighted by atomic mass is 10.0. The summed E-state index contributed by atoms with van der Waals surface area (Å²) in [5.74, 6) is -0.482. The highest BCUT2D eigenvalue weighted by Gasteiger charge is 2.24. The molecule has 2 aromatic rings. The number of carbonyl (C=O) groups is 2. The average molecular weight is 310 g/mol. The van der Waals surface area contributed by atoms with Crippen molar-refractivity contribution in [2.24, 2.45) is 5.92 Å². The lowest BCUT2D eigenvalue weighted by molar-refractivity contribution is -0.118. The number of hydrogen-bond acceptors (Lipinski definition) is 2. The molecule has 0 saturated carbocycles. The van der Waals surface area contributed by atoms with Crippen LogP contribution in [0.1, 0.15) is 29.8 Å². The van der Waals surface area contributed by atoms with Crippen LogP contribution in [-0.4, -0.2) is 17.9 Å². The van der Waals surface area contributed by atoms with Crippen LogP contribution in [0.15, 0.2) is 54.6 Å². The third kappa shape index (κ3) is 4.68. The molecule has 4 heteroatoms. The van der Waals surface area contributed by atoms with E-state index in [-0.39, 0.29) is 17.7 Å². The van der Waals surface area contributed by atoms with Crippen molar-refractivity contribution in [3.8, 4) is 0 Å². The summed E-state index contributed by atoms with van der Waals surface area (Å²) in [5.41, 5.74) is 2.39. The molecule has 0 radical (unpaired) electrons. The Morgan fingerprint density at radius 2 is 1.52 bits per heavy atom. The van der Waals surface area contributed by atoms with E-state index in [1.165, 1.54) is 0 Å². The van der Waals surface area contributed by atoms with Crippen molar-refractivity contribution in [1.29, 1.82) is 0 Å². The highest BCUT2D eigenvalue weighted by atomic mass is 16.2. The Bertz CT molecular complexity index is 664. The van der Waals surface area contributed by atoms with Crippen molar-refractivity contribution in [2.45, 2.75) is 26.8 Å². The van der Waals surface area contributed by atoms with Crippen LogP contribution < -0.4 is 10.6 Å². The summed E-state index contributed by atoms with van der Waals surface area (Å²) in [7, 11) is 0. The fourth-order valence-electron chi connectivity index (χ4n) is 2.21. The van der Waals surface area contributed by atoms with Crippen LogP contribution >= 0.6 is 0 Å². The third-order valence-corrected chi connectivity index (χ3v) is 3.59. The first kappa shape index (κ1) is 16.7. The predicted molar refractivity (Wildman–Crippen MR) is 92.3 cm³/mol. The van der Waals surface area contributed by atoms with Gasteiger partial charge in [-0.05, 0) is 37.1 Å². The maximum Gasteiger partial charge on any atom is 0.251 e. The predicted octanol–water partition coefficient (Wildman–Crippen LogP) is 3.39. The Balaban J connectivity index is 2.07. The number of amides is 2. The highest BCUT2D eigenvalue weighted by molar-refractivity contribution is 6.01. The van der Waals surface area contributed by atoms with Crippen molar-refractivity contribution >= 4 is 17.5 Å². The number of anilines is 1. The van der Waals surface area contributed by atoms with E-state index < -0.39 is 6.04 Å². The molecule has 0 spiro atoms. The SMILES string of the molecule is Cc1ccc(NC(=O)[C@@H](NC(=O)c2ccccc2)C(C)C)cc1. The van der Waals surface area contributed by atoms with Gasteiger partial charge >= 0.3 is 0 Å². The molecule has 0 fully saturated rings. The molecule has 0 aromatic heterocycles. The largest absolute Gasteiger partial charge is 0.340 e. The summed E-state index contributed by atoms with van der Waals surface area (Å²) in [5, 5.41) is 5.67. The first-order valence-corrected chi connectivity index (χ1v) is 7.71. The van der Waals surface area contributed by atoms with E-state index in [2.05, 4.69) is 10.6 Å². The van der Waals surface area contributed by atoms with Crippen molar-refractivity contribution in [2.75, 3.05) is 5.32 Å². The molecular weight excluding hydrogens is 288 g/mol. The van der Waals surface area contributed by atoms with Crippen LogP contribution in [0.5, 0.6) is 0 Å². The van der Waals surface area contributed by atoms with Gasteiger partial charge in [0.15, 0.2) is 0 Å². The molecule has 120 valence electrons. The van der Waals surface area contributed by atoms with E-state index in [1.807, 2.05) is 51.1 Å². The van der Waals surface area contributed by atoms with E-state index in [4.69, 9.17) is 0 Å². The van der Waals surface area contributed by atoms with E-state index in [0.29, 0.717) is 5.56 Å². The number of rotatable bonds is 5. The zero-order chi connectivity index (χ0) is 16.8. The molecule has 0 bridgehead atoms. The summed E-state index contributed by atoms with van der Waals surface area (Å²) in [6.45, 7) is 5.80. The average Bonchev–Trinajstić information content (AvgIpc) is 2.55. The number of nitrogens with one attached hydrogen (secondary N) is 2. The van der Waals surface area contributed by atoms with Crippen LogP contribution in [0.25, 0.3) is 0 Å². The highest BCUT2D eigenvalue weighted by Crippen LogP contribution is 2.12. The van der Waals surface area contributed by atoms with Gasteiger partial charge in [0, 0.05) is 11.3 Å². The number of hydrogen-bond donors (Lipinski definition) is 2. The minimum Gasteiger partial charge on any atom is -0.340 e. The van der Waals surface area contributed by atoms with E-state index in [9.17, 15) is 9.59 Å². The van der Waals surface area contributed by atoms with Gasteiger partial charge in [-0.1, -0.05) is 49.7 Å². The number of aryl methyl sites for hydroxylation is 1. The van der Waals surface area contributed by atoms with Crippen molar-refractivity contribution in [1.82, 2.24) is 5.32 Å². The molecule has 2 aromatic carbocycles. The van der Waals surface area contributed by atoms with Gasteiger partial charge in [-0.15, -0.1) is 0 Å². The summed E-state index contributed by atoms with van der Waals surface area (Å²) >= 11 is 0. The minimum absolute atomic E-state index is 0.0203. The Morgan fingerprint density at radius 1 is 0.913 bits per heavy atom. The molecule has 0 aliphatic rings. The number of benzene rings is 2. The van der Waals surface area contributed by atoms with Crippen molar-refractivity contribution < 1.29 is 9.59 Å². The Morgan fingerprint density at radius 3 is 2.09 bits per heavy atom. The van der Waals surface area contributed by atoms with E-state index in [1.54, 1.807) is 24.3 Å². The molecule has 0 unspecified atom stereocenters. The second-order valence-corrected chi connectivity index (χ2v) is 5.92. The zero-order valence-corrected chi connectivity index (χ0v) is 13.7. The van der Waals surface area contributed by atoms with Crippen LogP contribution in [-0.2, 0) is 4.79 Å². The molecule has 0 aliphatic carbocycles. The summed E-state index contributed by atoms with van der Waals surface area (Å²) < 4.78 is 0. The Labute approximate surface area is 136 Å². The molecular formula is C19H22N2O2. The van der Waals surface area contributed by atoms with Crippen LogP contribution in [0.2, 0.25) is 0 Å². The first-order chi connectivity index (χ1) is 11.0. The molecule has 2 rings (SSSR count). The van der Waals surface area contributed by atoms with Crippen LogP contribution in [0, 0.1) is 12.8 Å². The fraction of sp³-hybridized carbons (Fsp3) is 0.263. The summed E-state index contributed by atoms with van der Waals surface area (Å²) in [6.07, 6.45) is 0. The van der Waals surface area contributed by atoms with Gasteiger partial charge in [0.1, 0.15) is 6.04 Å². The van der Waals surface area contributed by atoms with Gasteiger partial charge in [-0.2, -0.15) is 0 Å². The molecule has 0 saturated heterocycles. The lowest BCUT2D eigenvalue weighted by Crippen LogP contribution is -2.47. The zero-order valence-electron chi connectivity index (χ0n) is 13.7. The molecule has 1 atom stereocenters. The van der Waals surface area contributed by atoms with E-state index in [0.717, 1.165) is 11.3 Å². The number of carbonyl (C=O) groups excluding carboxylic acids is 2. The monoisotopic (exact) mass is 310 g/mol. The second kappa shape index (κ2) is 7.58. The molecule has 2 N–H and O–H groups in total. The Hall–Kier alpha value is -2.62. The lowest BCUT2D eigenvalue weighted by Gasteiger charge is -2.21. The first-order valence-electron chi connectivity index (χ1n) is 7.71. The standard InChI is InChI=1S/C19H22N2O2/c1-13(2)17(21-18(22)15-7-5-4-6-8-15)19(23)20-16-11-9-14(3)10-12-16/h4-13,17H,1-3H3,(H,20,23)(H,21,22)/t17-/m0/s1. The van der Waals surface area contributed by atoms with Gasteiger partial charge in [0.25, 0.3) is 5.91 Å². The Kier molecular flexibility index (Phi) is 5.52. The molecule has 2 amide bonds. The topological polar surface area (TPSA) is 58.2 Å². The minimum atomic E-state index is -0.594. The molecule has 4 nitrogen and oxygen atoms in total. The van der Waals surface area contributed by atoms with E-state index >= 15 is 0 Å². The maximum atomic E-state index is 12.5. The van der Waals surface area contributed by atoms with Gasteiger partial charge in [0.2, 0.25) is 5.91 Å². The van der Waals surface area contributed by atoms with Crippen LogP contribution in [0.4, 0.5) is 5.69 Å². The van der Waals surface area contributed by atoms with Gasteiger partial charge < -0.3 is 10.6 Å². The normalized spacial score (nSPS) is 11.8. The summed E-state index contributed by atoms with van der Waals surface area (Å²) in [4.78, 5) is 24.7. The van der Waals surface area contributed by atoms with Crippen molar-refractivity contribution in [3.63, 3.8) is 0 Å². The second-order valence-electron chi connectivity index (χ2n) is 5.92. The molecule has 0 heterocycles.